The largest absolute Gasteiger partial charge is 0.395 e. The molecule has 0 bridgehead atoms. The van der Waals surface area contributed by atoms with Gasteiger partial charge in [0.2, 0.25) is 5.91 Å². The van der Waals surface area contributed by atoms with Crippen LogP contribution in [0.2, 0.25) is 0 Å². The number of hydrogen-bond acceptors (Lipinski definition) is 3. The Morgan fingerprint density at radius 3 is 2.76 bits per heavy atom. The molecule has 1 heterocycles. The van der Waals surface area contributed by atoms with Crippen LogP contribution in [-0.2, 0) is 4.79 Å². The minimum absolute atomic E-state index is 0.0281. The summed E-state index contributed by atoms with van der Waals surface area (Å²) in [5.41, 5.74) is 1.17. The topological polar surface area (TPSA) is 40.5 Å². The van der Waals surface area contributed by atoms with E-state index >= 15 is 0 Å². The zero-order valence-corrected chi connectivity index (χ0v) is 13.1. The Bertz CT molecular complexity index is 499. The van der Waals surface area contributed by atoms with Crippen LogP contribution in [0.3, 0.4) is 0 Å². The molecule has 1 atom stereocenters. The molecule has 1 saturated carbocycles. The van der Waals surface area contributed by atoms with Gasteiger partial charge in [0, 0.05) is 23.2 Å². The first kappa shape index (κ1) is 14.9. The van der Waals surface area contributed by atoms with E-state index in [1.807, 2.05) is 17.0 Å². The average Bonchev–Trinajstić information content (AvgIpc) is 2.97. The highest BCUT2D eigenvalue weighted by Gasteiger charge is 2.35. The lowest BCUT2D eigenvalue weighted by atomic mass is 9.92. The normalized spacial score (nSPS) is 22.0. The summed E-state index contributed by atoms with van der Waals surface area (Å²) in [6.07, 6.45) is 5.87. The van der Waals surface area contributed by atoms with Crippen molar-refractivity contribution in [3.05, 3.63) is 29.8 Å². The quantitative estimate of drug-likeness (QED) is 0.929. The fraction of sp³-hybridized carbons (Fsp3) is 0.588. The Morgan fingerprint density at radius 2 is 2.00 bits per heavy atom. The number of rotatable bonds is 4. The molecule has 1 aromatic rings. The van der Waals surface area contributed by atoms with Gasteiger partial charge in [-0.25, -0.2) is 0 Å². The lowest BCUT2D eigenvalue weighted by Crippen LogP contribution is -2.45. The van der Waals surface area contributed by atoms with Gasteiger partial charge >= 0.3 is 0 Å². The molecule has 2 aliphatic rings. The number of hydrogen-bond donors (Lipinski definition) is 1. The summed E-state index contributed by atoms with van der Waals surface area (Å²) in [5.74, 6) is 1.03. The molecule has 0 radical (unpaired) electrons. The number of thioether (sulfide) groups is 1. The molecule has 1 fully saturated rings. The maximum absolute atomic E-state index is 13.0. The van der Waals surface area contributed by atoms with Gasteiger partial charge in [-0.1, -0.05) is 37.5 Å². The third kappa shape index (κ3) is 3.11. The highest BCUT2D eigenvalue weighted by molar-refractivity contribution is 7.99. The van der Waals surface area contributed by atoms with E-state index in [1.54, 1.807) is 11.8 Å². The second-order valence-corrected chi connectivity index (χ2v) is 7.01. The molecule has 114 valence electrons. The third-order valence-electron chi connectivity index (χ3n) is 4.64. The van der Waals surface area contributed by atoms with Crippen LogP contribution in [0.5, 0.6) is 0 Å². The van der Waals surface area contributed by atoms with Crippen LogP contribution in [0.25, 0.3) is 0 Å². The maximum Gasteiger partial charge on any atom is 0.231 e. The van der Waals surface area contributed by atoms with Crippen LogP contribution in [-0.4, -0.2) is 40.9 Å². The molecule has 1 aliphatic heterocycles. The molecule has 3 rings (SSSR count). The summed E-state index contributed by atoms with van der Waals surface area (Å²) < 4.78 is 0. The fourth-order valence-electron chi connectivity index (χ4n) is 3.54. The van der Waals surface area contributed by atoms with Gasteiger partial charge in [0.15, 0.2) is 0 Å². The van der Waals surface area contributed by atoms with Crippen LogP contribution in [0.15, 0.2) is 29.2 Å². The lowest BCUT2D eigenvalue weighted by Gasteiger charge is -2.35. The van der Waals surface area contributed by atoms with Crippen molar-refractivity contribution in [2.45, 2.75) is 49.0 Å². The Labute approximate surface area is 130 Å². The minimum Gasteiger partial charge on any atom is -0.395 e. The predicted octanol–water partition coefficient (Wildman–Crippen LogP) is 3.03. The van der Waals surface area contributed by atoms with Crippen molar-refractivity contribution in [2.24, 2.45) is 0 Å². The van der Waals surface area contributed by atoms with Crippen molar-refractivity contribution in [3.8, 4) is 0 Å². The van der Waals surface area contributed by atoms with Crippen molar-refractivity contribution < 1.29 is 9.90 Å². The lowest BCUT2D eigenvalue weighted by molar-refractivity contribution is -0.136. The first-order chi connectivity index (χ1) is 10.3. The molecule has 1 N–H and O–H groups in total. The van der Waals surface area contributed by atoms with Gasteiger partial charge in [-0.3, -0.25) is 4.79 Å². The number of aliphatic hydroxyl groups is 1. The Balaban J connectivity index is 1.78. The van der Waals surface area contributed by atoms with Crippen molar-refractivity contribution >= 4 is 17.7 Å². The van der Waals surface area contributed by atoms with Gasteiger partial charge in [0.05, 0.1) is 12.5 Å². The number of carbonyl (C=O) groups is 1. The minimum atomic E-state index is -0.0281. The molecule has 3 nitrogen and oxygen atoms in total. The van der Waals surface area contributed by atoms with Gasteiger partial charge in [-0.2, -0.15) is 0 Å². The van der Waals surface area contributed by atoms with Crippen molar-refractivity contribution in [3.63, 3.8) is 0 Å². The monoisotopic (exact) mass is 305 g/mol. The Morgan fingerprint density at radius 1 is 1.24 bits per heavy atom. The smallest absolute Gasteiger partial charge is 0.231 e. The molecule has 4 heteroatoms. The second kappa shape index (κ2) is 6.84. The van der Waals surface area contributed by atoms with Gasteiger partial charge in [0.1, 0.15) is 0 Å². The van der Waals surface area contributed by atoms with Gasteiger partial charge in [-0.05, 0) is 24.5 Å². The van der Waals surface area contributed by atoms with E-state index in [2.05, 4.69) is 12.1 Å². The number of fused-ring (bicyclic) bond motifs is 1. The highest BCUT2D eigenvalue weighted by atomic mass is 32.2. The van der Waals surface area contributed by atoms with E-state index in [1.165, 1.54) is 29.7 Å². The fourth-order valence-corrected chi connectivity index (χ4v) is 4.76. The van der Waals surface area contributed by atoms with Gasteiger partial charge < -0.3 is 10.0 Å². The number of aliphatic hydroxyl groups excluding tert-OH is 1. The Kier molecular flexibility index (Phi) is 4.86. The van der Waals surface area contributed by atoms with Crippen LogP contribution >= 0.6 is 11.8 Å². The van der Waals surface area contributed by atoms with Crippen LogP contribution in [0.4, 0.5) is 0 Å². The van der Waals surface area contributed by atoms with Crippen LogP contribution in [0, 0.1) is 0 Å². The summed E-state index contributed by atoms with van der Waals surface area (Å²) in [4.78, 5) is 16.2. The summed E-state index contributed by atoms with van der Waals surface area (Å²) >= 11 is 1.78. The highest BCUT2D eigenvalue weighted by Crippen LogP contribution is 2.40. The third-order valence-corrected chi connectivity index (χ3v) is 5.82. The standard InChI is InChI=1S/C17H23NO2S/c19-11-10-18(13-6-2-1-3-7-13)17(20)15-12-21-16-9-5-4-8-14(15)16/h4-5,8-9,13,15,19H,1-3,6-7,10-12H2. The molecule has 0 spiro atoms. The number of nitrogens with zero attached hydrogens (tertiary/aromatic N) is 1. The summed E-state index contributed by atoms with van der Waals surface area (Å²) in [6.45, 7) is 0.538. The van der Waals surface area contributed by atoms with Crippen molar-refractivity contribution in [1.29, 1.82) is 0 Å². The van der Waals surface area contributed by atoms with E-state index in [0.29, 0.717) is 12.6 Å². The SMILES string of the molecule is O=C(C1CSc2ccccc21)N(CCO)C1CCCCC1. The van der Waals surface area contributed by atoms with E-state index in [9.17, 15) is 9.90 Å². The maximum atomic E-state index is 13.0. The molecule has 1 aliphatic carbocycles. The summed E-state index contributed by atoms with van der Waals surface area (Å²) in [5, 5.41) is 9.36. The first-order valence-electron chi connectivity index (χ1n) is 7.94. The molecule has 0 saturated heterocycles. The van der Waals surface area contributed by atoms with E-state index in [-0.39, 0.29) is 18.4 Å². The van der Waals surface area contributed by atoms with Gasteiger partial charge in [0.25, 0.3) is 0 Å². The van der Waals surface area contributed by atoms with E-state index in [4.69, 9.17) is 0 Å². The summed E-state index contributed by atoms with van der Waals surface area (Å²) in [6, 6.07) is 8.56. The number of amides is 1. The summed E-state index contributed by atoms with van der Waals surface area (Å²) in [7, 11) is 0. The zero-order valence-electron chi connectivity index (χ0n) is 12.3. The molecule has 21 heavy (non-hydrogen) atoms. The first-order valence-corrected chi connectivity index (χ1v) is 8.93. The average molecular weight is 305 g/mol. The van der Waals surface area contributed by atoms with Crippen LogP contribution in [0.1, 0.15) is 43.6 Å². The molecular formula is C17H23NO2S. The second-order valence-electron chi connectivity index (χ2n) is 5.95. The molecule has 1 unspecified atom stereocenters. The Hall–Kier alpha value is -1.00. The molecular weight excluding hydrogens is 282 g/mol. The predicted molar refractivity (Wildman–Crippen MR) is 85.6 cm³/mol. The van der Waals surface area contributed by atoms with E-state index in [0.717, 1.165) is 18.6 Å². The molecule has 1 amide bonds. The van der Waals surface area contributed by atoms with Crippen molar-refractivity contribution in [1.82, 2.24) is 4.90 Å². The van der Waals surface area contributed by atoms with E-state index < -0.39 is 0 Å². The zero-order chi connectivity index (χ0) is 14.7. The van der Waals surface area contributed by atoms with Crippen LogP contribution < -0.4 is 0 Å². The molecule has 0 aromatic heterocycles. The molecule has 1 aromatic carbocycles. The van der Waals surface area contributed by atoms with Gasteiger partial charge in [-0.15, -0.1) is 11.8 Å². The number of benzene rings is 1. The van der Waals surface area contributed by atoms with Crippen molar-refractivity contribution in [2.75, 3.05) is 18.9 Å². The number of carbonyl (C=O) groups excluding carboxylic acids is 1.